The summed E-state index contributed by atoms with van der Waals surface area (Å²) in [5, 5.41) is 2.72. The number of carbonyl (C=O) groups excluding carboxylic acids is 1. The van der Waals surface area contributed by atoms with Crippen molar-refractivity contribution in [1.82, 2.24) is 15.3 Å². The summed E-state index contributed by atoms with van der Waals surface area (Å²) in [7, 11) is -3.65. The van der Waals surface area contributed by atoms with Gasteiger partial charge in [0.25, 0.3) is 15.9 Å². The van der Waals surface area contributed by atoms with E-state index in [1.165, 1.54) is 12.1 Å². The molecule has 25 heavy (non-hydrogen) atoms. The summed E-state index contributed by atoms with van der Waals surface area (Å²) in [4.78, 5) is 19.2. The summed E-state index contributed by atoms with van der Waals surface area (Å²) in [6.07, 6.45) is 3.28. The van der Waals surface area contributed by atoms with E-state index in [2.05, 4.69) is 20.0 Å². The highest BCUT2D eigenvalue weighted by atomic mass is 32.2. The molecule has 1 heterocycles. The fraction of sp³-hybridized carbons (Fsp3) is 0.0588. The Labute approximate surface area is 145 Å². The van der Waals surface area contributed by atoms with Gasteiger partial charge in [0, 0.05) is 23.6 Å². The lowest BCUT2D eigenvalue weighted by molar-refractivity contribution is 0.0950. The van der Waals surface area contributed by atoms with Gasteiger partial charge in [0.1, 0.15) is 5.82 Å². The molecule has 0 fully saturated rings. The molecule has 0 aliphatic heterocycles. The second-order valence-electron chi connectivity index (χ2n) is 5.21. The first-order chi connectivity index (χ1) is 12.0. The van der Waals surface area contributed by atoms with Gasteiger partial charge in [-0.3, -0.25) is 9.52 Å². The number of amides is 1. The Morgan fingerprint density at radius 3 is 2.40 bits per heavy atom. The van der Waals surface area contributed by atoms with Crippen molar-refractivity contribution in [2.75, 3.05) is 4.72 Å². The number of hydrogen-bond acceptors (Lipinski definition) is 4. The predicted octanol–water partition coefficient (Wildman–Crippen LogP) is 2.14. The van der Waals surface area contributed by atoms with Crippen LogP contribution in [-0.4, -0.2) is 24.3 Å². The highest BCUT2D eigenvalue weighted by molar-refractivity contribution is 7.92. The van der Waals surface area contributed by atoms with E-state index in [4.69, 9.17) is 0 Å². The SMILES string of the molecule is O=C(NCc1ncc[nH]1)c1ccc(NS(=O)(=O)c2ccccc2)cc1. The summed E-state index contributed by atoms with van der Waals surface area (Å²) >= 11 is 0. The van der Waals surface area contributed by atoms with Crippen LogP contribution in [0.3, 0.4) is 0 Å². The van der Waals surface area contributed by atoms with Crippen molar-refractivity contribution in [2.24, 2.45) is 0 Å². The fourth-order valence-corrected chi connectivity index (χ4v) is 3.24. The van der Waals surface area contributed by atoms with Gasteiger partial charge in [-0.1, -0.05) is 18.2 Å². The summed E-state index contributed by atoms with van der Waals surface area (Å²) in [5.41, 5.74) is 0.806. The van der Waals surface area contributed by atoms with Gasteiger partial charge in [0.05, 0.1) is 11.4 Å². The molecule has 0 aliphatic rings. The third-order valence-electron chi connectivity index (χ3n) is 3.42. The molecule has 2 aromatic carbocycles. The van der Waals surface area contributed by atoms with Crippen molar-refractivity contribution in [2.45, 2.75) is 11.4 Å². The Hall–Kier alpha value is -3.13. The molecule has 0 spiro atoms. The first kappa shape index (κ1) is 16.7. The minimum absolute atomic E-state index is 0.176. The molecule has 3 rings (SSSR count). The molecule has 0 saturated carbocycles. The number of nitrogens with one attached hydrogen (secondary N) is 3. The lowest BCUT2D eigenvalue weighted by Gasteiger charge is -2.09. The van der Waals surface area contributed by atoms with Crippen LogP contribution < -0.4 is 10.0 Å². The number of benzene rings is 2. The van der Waals surface area contributed by atoms with E-state index < -0.39 is 10.0 Å². The first-order valence-electron chi connectivity index (χ1n) is 7.49. The number of H-pyrrole nitrogens is 1. The molecule has 0 bridgehead atoms. The normalized spacial score (nSPS) is 11.0. The molecule has 0 radical (unpaired) electrons. The number of aromatic amines is 1. The smallest absolute Gasteiger partial charge is 0.261 e. The number of imidazole rings is 1. The van der Waals surface area contributed by atoms with Crippen LogP contribution in [0.1, 0.15) is 16.2 Å². The number of carbonyl (C=O) groups is 1. The van der Waals surface area contributed by atoms with Gasteiger partial charge in [0.2, 0.25) is 0 Å². The number of anilines is 1. The van der Waals surface area contributed by atoms with E-state index in [0.29, 0.717) is 17.1 Å². The Kier molecular flexibility index (Phi) is 4.80. The average Bonchev–Trinajstić information content (AvgIpc) is 3.14. The van der Waals surface area contributed by atoms with Gasteiger partial charge in [-0.05, 0) is 36.4 Å². The van der Waals surface area contributed by atoms with Crippen LogP contribution in [0.5, 0.6) is 0 Å². The van der Waals surface area contributed by atoms with Crippen molar-refractivity contribution < 1.29 is 13.2 Å². The van der Waals surface area contributed by atoms with Crippen LogP contribution in [0.4, 0.5) is 5.69 Å². The minimum Gasteiger partial charge on any atom is -0.347 e. The predicted molar refractivity (Wildman–Crippen MR) is 93.5 cm³/mol. The summed E-state index contributed by atoms with van der Waals surface area (Å²) < 4.78 is 27.0. The second kappa shape index (κ2) is 7.18. The van der Waals surface area contributed by atoms with E-state index in [0.717, 1.165) is 0 Å². The van der Waals surface area contributed by atoms with Crippen molar-refractivity contribution in [3.8, 4) is 0 Å². The number of rotatable bonds is 6. The summed E-state index contributed by atoms with van der Waals surface area (Å²) in [5.74, 6) is 0.384. The van der Waals surface area contributed by atoms with Crippen LogP contribution in [0, 0.1) is 0 Å². The summed E-state index contributed by atoms with van der Waals surface area (Å²) in [6.45, 7) is 0.286. The highest BCUT2D eigenvalue weighted by Gasteiger charge is 2.13. The molecule has 7 nitrogen and oxygen atoms in total. The number of sulfonamides is 1. The summed E-state index contributed by atoms with van der Waals surface area (Å²) in [6, 6.07) is 14.3. The Balaban J connectivity index is 1.65. The van der Waals surface area contributed by atoms with Gasteiger partial charge >= 0.3 is 0 Å². The molecule has 0 aliphatic carbocycles. The van der Waals surface area contributed by atoms with Gasteiger partial charge in [-0.2, -0.15) is 0 Å². The van der Waals surface area contributed by atoms with Crippen molar-refractivity contribution >= 4 is 21.6 Å². The second-order valence-corrected chi connectivity index (χ2v) is 6.90. The monoisotopic (exact) mass is 356 g/mol. The third-order valence-corrected chi connectivity index (χ3v) is 4.82. The molecule has 3 aromatic rings. The van der Waals surface area contributed by atoms with E-state index in [-0.39, 0.29) is 17.3 Å². The number of aromatic nitrogens is 2. The maximum Gasteiger partial charge on any atom is 0.261 e. The molecular weight excluding hydrogens is 340 g/mol. The number of nitrogens with zero attached hydrogens (tertiary/aromatic N) is 1. The largest absolute Gasteiger partial charge is 0.347 e. The highest BCUT2D eigenvalue weighted by Crippen LogP contribution is 2.16. The Morgan fingerprint density at radius 2 is 1.76 bits per heavy atom. The van der Waals surface area contributed by atoms with Crippen LogP contribution in [0.15, 0.2) is 71.9 Å². The van der Waals surface area contributed by atoms with Gasteiger partial charge < -0.3 is 10.3 Å². The maximum atomic E-state index is 12.3. The van der Waals surface area contributed by atoms with Gasteiger partial charge in [0.15, 0.2) is 0 Å². The molecule has 1 amide bonds. The lowest BCUT2D eigenvalue weighted by atomic mass is 10.2. The Morgan fingerprint density at radius 1 is 1.04 bits per heavy atom. The molecule has 128 valence electrons. The van der Waals surface area contributed by atoms with E-state index in [1.807, 2.05) is 0 Å². The van der Waals surface area contributed by atoms with Gasteiger partial charge in [-0.15, -0.1) is 0 Å². The topological polar surface area (TPSA) is 104 Å². The molecule has 0 unspecified atom stereocenters. The average molecular weight is 356 g/mol. The van der Waals surface area contributed by atoms with Crippen LogP contribution in [0.25, 0.3) is 0 Å². The van der Waals surface area contributed by atoms with Crippen molar-refractivity contribution in [1.29, 1.82) is 0 Å². The molecule has 8 heteroatoms. The lowest BCUT2D eigenvalue weighted by Crippen LogP contribution is -2.23. The third kappa shape index (κ3) is 4.24. The Bertz CT molecular complexity index is 937. The van der Waals surface area contributed by atoms with Crippen LogP contribution in [0.2, 0.25) is 0 Å². The van der Waals surface area contributed by atoms with E-state index in [1.54, 1.807) is 54.9 Å². The van der Waals surface area contributed by atoms with Crippen molar-refractivity contribution in [3.63, 3.8) is 0 Å². The zero-order valence-corrected chi connectivity index (χ0v) is 14.0. The zero-order chi connectivity index (χ0) is 17.7. The zero-order valence-electron chi connectivity index (χ0n) is 13.1. The quantitative estimate of drug-likeness (QED) is 0.629. The van der Waals surface area contributed by atoms with Crippen LogP contribution in [-0.2, 0) is 16.6 Å². The standard InChI is InChI=1S/C17H16N4O3S/c22-17(20-12-16-18-10-11-19-16)13-6-8-14(9-7-13)21-25(23,24)15-4-2-1-3-5-15/h1-11,21H,12H2,(H,18,19)(H,20,22). The molecule has 1 aromatic heterocycles. The maximum absolute atomic E-state index is 12.3. The molecule has 0 atom stereocenters. The van der Waals surface area contributed by atoms with Gasteiger partial charge in [-0.25, -0.2) is 13.4 Å². The number of hydrogen-bond donors (Lipinski definition) is 3. The van der Waals surface area contributed by atoms with Crippen LogP contribution >= 0.6 is 0 Å². The molecular formula is C17H16N4O3S. The first-order valence-corrected chi connectivity index (χ1v) is 8.97. The molecule has 3 N–H and O–H groups in total. The molecule has 0 saturated heterocycles. The fourth-order valence-electron chi connectivity index (χ4n) is 2.16. The van der Waals surface area contributed by atoms with Crippen molar-refractivity contribution in [3.05, 3.63) is 78.4 Å². The van der Waals surface area contributed by atoms with E-state index >= 15 is 0 Å². The van der Waals surface area contributed by atoms with E-state index in [9.17, 15) is 13.2 Å². The minimum atomic E-state index is -3.65.